The first kappa shape index (κ1) is 19.3. The molecule has 1 aliphatic heterocycles. The van der Waals surface area contributed by atoms with Gasteiger partial charge >= 0.3 is 0 Å². The molecule has 5 nitrogen and oxygen atoms in total. The topological polar surface area (TPSA) is 66.5 Å². The molecule has 2 aromatic rings. The number of carbonyl (C=O) groups is 1. The summed E-state index contributed by atoms with van der Waals surface area (Å²) in [6.07, 6.45) is 5.61. The van der Waals surface area contributed by atoms with Crippen molar-refractivity contribution in [3.63, 3.8) is 0 Å². The van der Waals surface area contributed by atoms with Crippen molar-refractivity contribution in [2.45, 2.75) is 42.2 Å². The zero-order valence-electron chi connectivity index (χ0n) is 15.6. The molecular formula is C21H24N2O3S2. The Morgan fingerprint density at radius 3 is 2.57 bits per heavy atom. The smallest absolute Gasteiger partial charge is 0.255 e. The average molecular weight is 417 g/mol. The molecule has 4 rings (SSSR count). The zero-order valence-corrected chi connectivity index (χ0v) is 17.3. The van der Waals surface area contributed by atoms with Crippen LogP contribution in [0.4, 0.5) is 11.4 Å². The SMILES string of the molecule is O=C(Nc1ccccc1SC1CCCC1)c1cccc(N2CCCS2(=O)=O)c1. The largest absolute Gasteiger partial charge is 0.321 e. The summed E-state index contributed by atoms with van der Waals surface area (Å²) in [7, 11) is -3.26. The van der Waals surface area contributed by atoms with Crippen molar-refractivity contribution in [2.24, 2.45) is 0 Å². The first-order chi connectivity index (χ1) is 13.5. The Morgan fingerprint density at radius 2 is 1.82 bits per heavy atom. The number of carbonyl (C=O) groups excluding carboxylic acids is 1. The second kappa shape index (κ2) is 8.17. The van der Waals surface area contributed by atoms with Crippen LogP contribution in [-0.2, 0) is 10.0 Å². The molecule has 0 spiro atoms. The summed E-state index contributed by atoms with van der Waals surface area (Å²) < 4.78 is 25.7. The summed E-state index contributed by atoms with van der Waals surface area (Å²) in [5.41, 5.74) is 1.82. The van der Waals surface area contributed by atoms with E-state index in [4.69, 9.17) is 0 Å². The van der Waals surface area contributed by atoms with E-state index in [2.05, 4.69) is 5.32 Å². The lowest BCUT2D eigenvalue weighted by atomic mass is 10.1. The van der Waals surface area contributed by atoms with Gasteiger partial charge < -0.3 is 5.32 Å². The van der Waals surface area contributed by atoms with Gasteiger partial charge in [0.05, 0.1) is 17.1 Å². The molecule has 1 saturated carbocycles. The average Bonchev–Trinajstić information content (AvgIpc) is 3.32. The number of nitrogens with zero attached hydrogens (tertiary/aromatic N) is 1. The fourth-order valence-electron chi connectivity index (χ4n) is 3.78. The van der Waals surface area contributed by atoms with E-state index >= 15 is 0 Å². The molecule has 0 atom stereocenters. The lowest BCUT2D eigenvalue weighted by molar-refractivity contribution is 0.102. The third-order valence-electron chi connectivity index (χ3n) is 5.23. The molecule has 1 heterocycles. The number of para-hydroxylation sites is 1. The number of benzene rings is 2. The van der Waals surface area contributed by atoms with Crippen molar-refractivity contribution in [3.8, 4) is 0 Å². The summed E-state index contributed by atoms with van der Waals surface area (Å²) >= 11 is 1.84. The number of hydrogen-bond acceptors (Lipinski definition) is 4. The Morgan fingerprint density at radius 1 is 1.04 bits per heavy atom. The normalized spacial score (nSPS) is 19.1. The summed E-state index contributed by atoms with van der Waals surface area (Å²) in [5, 5.41) is 3.62. The van der Waals surface area contributed by atoms with Gasteiger partial charge in [0.25, 0.3) is 5.91 Å². The molecule has 1 N–H and O–H groups in total. The zero-order chi connectivity index (χ0) is 19.6. The minimum Gasteiger partial charge on any atom is -0.321 e. The molecule has 2 aromatic carbocycles. The Kier molecular flexibility index (Phi) is 5.64. The molecule has 28 heavy (non-hydrogen) atoms. The van der Waals surface area contributed by atoms with Crippen molar-refractivity contribution in [3.05, 3.63) is 54.1 Å². The summed E-state index contributed by atoms with van der Waals surface area (Å²) in [6, 6.07) is 14.7. The number of anilines is 2. The maximum atomic E-state index is 12.8. The van der Waals surface area contributed by atoms with E-state index < -0.39 is 10.0 Å². The van der Waals surface area contributed by atoms with Crippen LogP contribution < -0.4 is 9.62 Å². The van der Waals surface area contributed by atoms with E-state index in [0.29, 0.717) is 29.5 Å². The van der Waals surface area contributed by atoms with Crippen LogP contribution in [0.3, 0.4) is 0 Å². The molecule has 0 aromatic heterocycles. The number of hydrogen-bond donors (Lipinski definition) is 1. The highest BCUT2D eigenvalue weighted by Gasteiger charge is 2.28. The van der Waals surface area contributed by atoms with Crippen LogP contribution in [0.25, 0.3) is 0 Å². The van der Waals surface area contributed by atoms with E-state index in [-0.39, 0.29) is 11.7 Å². The van der Waals surface area contributed by atoms with Gasteiger partial charge in [0.15, 0.2) is 0 Å². The van der Waals surface area contributed by atoms with Gasteiger partial charge in [0.2, 0.25) is 10.0 Å². The second-order valence-corrected chi connectivity index (χ2v) is 10.6. The molecule has 2 fully saturated rings. The van der Waals surface area contributed by atoms with Crippen molar-refractivity contribution in [2.75, 3.05) is 21.9 Å². The van der Waals surface area contributed by atoms with Crippen molar-refractivity contribution >= 4 is 39.1 Å². The standard InChI is InChI=1S/C21H24N2O3S2/c24-21(16-7-5-8-17(15-16)23-13-6-14-28(23,25)26)22-19-11-3-4-12-20(19)27-18-9-1-2-10-18/h3-5,7-8,11-12,15,18H,1-2,6,9-10,13-14H2,(H,22,24). The monoisotopic (exact) mass is 416 g/mol. The van der Waals surface area contributed by atoms with Gasteiger partial charge in [-0.2, -0.15) is 0 Å². The van der Waals surface area contributed by atoms with Gasteiger partial charge in [-0.3, -0.25) is 9.10 Å². The van der Waals surface area contributed by atoms with Gasteiger partial charge in [-0.15, -0.1) is 11.8 Å². The third kappa shape index (κ3) is 4.20. The molecule has 1 amide bonds. The van der Waals surface area contributed by atoms with Gasteiger partial charge in [-0.25, -0.2) is 8.42 Å². The van der Waals surface area contributed by atoms with Gasteiger partial charge in [-0.1, -0.05) is 31.0 Å². The first-order valence-corrected chi connectivity index (χ1v) is 12.2. The molecule has 0 radical (unpaired) electrons. The van der Waals surface area contributed by atoms with Crippen molar-refractivity contribution in [1.82, 2.24) is 0 Å². The van der Waals surface area contributed by atoms with Gasteiger partial charge in [0, 0.05) is 22.3 Å². The van der Waals surface area contributed by atoms with E-state index in [1.165, 1.54) is 30.0 Å². The van der Waals surface area contributed by atoms with E-state index in [1.54, 1.807) is 24.3 Å². The van der Waals surface area contributed by atoms with E-state index in [1.807, 2.05) is 36.0 Å². The molecule has 148 valence electrons. The maximum absolute atomic E-state index is 12.8. The minimum absolute atomic E-state index is 0.162. The highest BCUT2D eigenvalue weighted by molar-refractivity contribution is 8.00. The number of nitrogens with one attached hydrogen (secondary N) is 1. The summed E-state index contributed by atoms with van der Waals surface area (Å²) in [5.74, 6) is -0.0623. The van der Waals surface area contributed by atoms with Crippen LogP contribution in [0.15, 0.2) is 53.4 Å². The Bertz CT molecular complexity index is 969. The number of amides is 1. The Labute approximate surface area is 170 Å². The highest BCUT2D eigenvalue weighted by Crippen LogP contribution is 2.38. The fourth-order valence-corrected chi connectivity index (χ4v) is 6.67. The first-order valence-electron chi connectivity index (χ1n) is 9.70. The number of rotatable bonds is 5. The third-order valence-corrected chi connectivity index (χ3v) is 8.51. The number of sulfonamides is 1. The minimum atomic E-state index is -3.26. The van der Waals surface area contributed by atoms with Crippen LogP contribution in [0.2, 0.25) is 0 Å². The van der Waals surface area contributed by atoms with E-state index in [0.717, 1.165) is 10.6 Å². The maximum Gasteiger partial charge on any atom is 0.255 e. The highest BCUT2D eigenvalue weighted by atomic mass is 32.2. The number of thioether (sulfide) groups is 1. The predicted molar refractivity (Wildman–Crippen MR) is 115 cm³/mol. The van der Waals surface area contributed by atoms with Crippen LogP contribution in [-0.4, -0.2) is 31.9 Å². The molecule has 7 heteroatoms. The summed E-state index contributed by atoms with van der Waals surface area (Å²) in [4.78, 5) is 13.9. The predicted octanol–water partition coefficient (Wildman–Crippen LogP) is 4.51. The van der Waals surface area contributed by atoms with Crippen molar-refractivity contribution < 1.29 is 13.2 Å². The second-order valence-electron chi connectivity index (χ2n) is 7.27. The lowest BCUT2D eigenvalue weighted by Gasteiger charge is -2.18. The van der Waals surface area contributed by atoms with Crippen molar-refractivity contribution in [1.29, 1.82) is 0 Å². The van der Waals surface area contributed by atoms with Crippen LogP contribution in [0, 0.1) is 0 Å². The van der Waals surface area contributed by atoms with Crippen LogP contribution in [0.1, 0.15) is 42.5 Å². The molecule has 0 unspecified atom stereocenters. The summed E-state index contributed by atoms with van der Waals surface area (Å²) in [6.45, 7) is 0.467. The molecule has 0 bridgehead atoms. The molecular weight excluding hydrogens is 392 g/mol. The fraction of sp³-hybridized carbons (Fsp3) is 0.381. The Hall–Kier alpha value is -1.99. The molecule has 1 aliphatic carbocycles. The molecule has 2 aliphatic rings. The van der Waals surface area contributed by atoms with Crippen LogP contribution in [0.5, 0.6) is 0 Å². The molecule has 1 saturated heterocycles. The van der Waals surface area contributed by atoms with Gasteiger partial charge in [0.1, 0.15) is 0 Å². The van der Waals surface area contributed by atoms with E-state index in [9.17, 15) is 13.2 Å². The van der Waals surface area contributed by atoms with Crippen LogP contribution >= 0.6 is 11.8 Å². The Balaban J connectivity index is 1.52. The lowest BCUT2D eigenvalue weighted by Crippen LogP contribution is -2.25. The van der Waals surface area contributed by atoms with Gasteiger partial charge in [-0.05, 0) is 49.6 Å². The quantitative estimate of drug-likeness (QED) is 0.779.